The molecule has 1 aliphatic carbocycles. The number of Topliss-reactive ketones (excluding diaryl/α,β-unsaturated/α-hetero) is 1. The topological polar surface area (TPSA) is 90.4 Å². The van der Waals surface area contributed by atoms with Gasteiger partial charge in [-0.3, -0.25) is 9.59 Å². The van der Waals surface area contributed by atoms with Crippen LogP contribution in [-0.4, -0.2) is 29.8 Å². The van der Waals surface area contributed by atoms with Crippen molar-refractivity contribution in [3.05, 3.63) is 95.2 Å². The lowest BCUT2D eigenvalue weighted by Gasteiger charge is -2.36. The van der Waals surface area contributed by atoms with Crippen LogP contribution in [0.4, 0.5) is 11.4 Å². The number of ketones is 1. The smallest absolute Gasteiger partial charge is 0.239 e. The second-order valence-corrected chi connectivity index (χ2v) is 11.4. The van der Waals surface area contributed by atoms with Crippen LogP contribution < -0.4 is 15.5 Å². The molecule has 39 heavy (non-hydrogen) atoms. The molecule has 2 aliphatic rings. The van der Waals surface area contributed by atoms with Gasteiger partial charge in [0.2, 0.25) is 5.91 Å². The van der Waals surface area contributed by atoms with Crippen LogP contribution in [0.15, 0.2) is 82.5 Å². The van der Waals surface area contributed by atoms with E-state index in [1.807, 2.05) is 66.6 Å². The maximum atomic E-state index is 13.7. The zero-order valence-electron chi connectivity index (χ0n) is 22.6. The number of H-pyrrole nitrogens is 1. The predicted molar refractivity (Wildman–Crippen MR) is 154 cm³/mol. The number of aryl methyl sites for hydroxylation is 1. The SMILES string of the molecule is Cc1ccc(C2C3=C(CC(C)(C)CC3=O)Nc3ccccc3N2CC(=O)NCCc2c[nH]c3ccccc23)o1. The van der Waals surface area contributed by atoms with Crippen LogP contribution in [0.5, 0.6) is 0 Å². The van der Waals surface area contributed by atoms with E-state index in [2.05, 4.69) is 41.6 Å². The average Bonchev–Trinajstić information content (AvgIpc) is 3.48. The van der Waals surface area contributed by atoms with Crippen LogP contribution in [0.1, 0.15) is 49.8 Å². The molecule has 1 aliphatic heterocycles. The lowest BCUT2D eigenvalue weighted by Crippen LogP contribution is -2.42. The molecule has 4 aromatic rings. The first-order chi connectivity index (χ1) is 18.8. The molecule has 0 bridgehead atoms. The lowest BCUT2D eigenvalue weighted by molar-refractivity contribution is -0.120. The van der Waals surface area contributed by atoms with Gasteiger partial charge in [-0.15, -0.1) is 0 Å². The second kappa shape index (κ2) is 9.80. The number of aromatic amines is 1. The third kappa shape index (κ3) is 4.85. The first-order valence-corrected chi connectivity index (χ1v) is 13.6. The predicted octanol–water partition coefficient (Wildman–Crippen LogP) is 6.04. The average molecular weight is 523 g/mol. The molecule has 7 heteroatoms. The van der Waals surface area contributed by atoms with Crippen LogP contribution in [0.3, 0.4) is 0 Å². The van der Waals surface area contributed by atoms with E-state index in [9.17, 15) is 9.59 Å². The van der Waals surface area contributed by atoms with Gasteiger partial charge in [0.05, 0.1) is 17.9 Å². The summed E-state index contributed by atoms with van der Waals surface area (Å²) in [6.07, 6.45) is 3.92. The van der Waals surface area contributed by atoms with Crippen LogP contribution in [0.2, 0.25) is 0 Å². The van der Waals surface area contributed by atoms with Crippen LogP contribution in [-0.2, 0) is 16.0 Å². The zero-order chi connectivity index (χ0) is 27.1. The Balaban J connectivity index is 1.31. The van der Waals surface area contributed by atoms with Crippen molar-refractivity contribution in [2.75, 3.05) is 23.3 Å². The van der Waals surface area contributed by atoms with E-state index in [1.54, 1.807) is 0 Å². The summed E-state index contributed by atoms with van der Waals surface area (Å²) in [6, 6.07) is 19.4. The van der Waals surface area contributed by atoms with E-state index in [4.69, 9.17) is 4.42 Å². The highest BCUT2D eigenvalue weighted by molar-refractivity contribution is 6.01. The molecule has 3 N–H and O–H groups in total. The molecule has 0 saturated carbocycles. The Kier molecular flexibility index (Phi) is 6.29. The number of aromatic nitrogens is 1. The van der Waals surface area contributed by atoms with Crippen LogP contribution >= 0.6 is 0 Å². The van der Waals surface area contributed by atoms with Gasteiger partial charge in [0, 0.05) is 41.3 Å². The van der Waals surface area contributed by atoms with Gasteiger partial charge < -0.3 is 24.9 Å². The maximum absolute atomic E-state index is 13.7. The normalized spacial score (nSPS) is 18.4. The molecule has 1 unspecified atom stereocenters. The Hall–Kier alpha value is -4.26. The number of anilines is 2. The molecule has 6 rings (SSSR count). The minimum atomic E-state index is -0.507. The molecule has 200 valence electrons. The number of hydrogen-bond donors (Lipinski definition) is 3. The van der Waals surface area contributed by atoms with Crippen molar-refractivity contribution in [1.82, 2.24) is 10.3 Å². The summed E-state index contributed by atoms with van der Waals surface area (Å²) >= 11 is 0. The van der Waals surface area contributed by atoms with Gasteiger partial charge in [-0.25, -0.2) is 0 Å². The number of fused-ring (bicyclic) bond motifs is 2. The molecular formula is C32H34N4O3. The van der Waals surface area contributed by atoms with Gasteiger partial charge >= 0.3 is 0 Å². The number of hydrogen-bond acceptors (Lipinski definition) is 5. The summed E-state index contributed by atoms with van der Waals surface area (Å²) in [5.41, 5.74) is 5.45. The van der Waals surface area contributed by atoms with Gasteiger partial charge in [0.25, 0.3) is 0 Å². The quantitative estimate of drug-likeness (QED) is 0.287. The summed E-state index contributed by atoms with van der Waals surface area (Å²) in [7, 11) is 0. The largest absolute Gasteiger partial charge is 0.464 e. The van der Waals surface area contributed by atoms with E-state index in [1.165, 1.54) is 10.9 Å². The fraction of sp³-hybridized carbons (Fsp3) is 0.312. The van der Waals surface area contributed by atoms with E-state index in [-0.39, 0.29) is 23.7 Å². The fourth-order valence-corrected chi connectivity index (χ4v) is 6.01. The zero-order valence-corrected chi connectivity index (χ0v) is 22.6. The van der Waals surface area contributed by atoms with Crippen LogP contribution in [0, 0.1) is 12.3 Å². The Morgan fingerprint density at radius 2 is 1.87 bits per heavy atom. The molecule has 0 radical (unpaired) electrons. The van der Waals surface area contributed by atoms with Crippen molar-refractivity contribution in [3.63, 3.8) is 0 Å². The molecule has 1 amide bonds. The minimum Gasteiger partial charge on any atom is -0.464 e. The monoisotopic (exact) mass is 522 g/mol. The van der Waals surface area contributed by atoms with Crippen molar-refractivity contribution in [2.45, 2.75) is 46.1 Å². The van der Waals surface area contributed by atoms with Crippen molar-refractivity contribution in [1.29, 1.82) is 0 Å². The highest BCUT2D eigenvalue weighted by atomic mass is 16.3. The summed E-state index contributed by atoms with van der Waals surface area (Å²) < 4.78 is 6.13. The second-order valence-electron chi connectivity index (χ2n) is 11.4. The van der Waals surface area contributed by atoms with Gasteiger partial charge in [-0.05, 0) is 61.1 Å². The Bertz CT molecular complexity index is 1590. The van der Waals surface area contributed by atoms with Crippen molar-refractivity contribution >= 4 is 34.0 Å². The van der Waals surface area contributed by atoms with E-state index >= 15 is 0 Å². The van der Waals surface area contributed by atoms with Crippen LogP contribution in [0.25, 0.3) is 10.9 Å². The molecule has 2 aromatic heterocycles. The molecular weight excluding hydrogens is 488 g/mol. The lowest BCUT2D eigenvalue weighted by atomic mass is 9.74. The summed E-state index contributed by atoms with van der Waals surface area (Å²) in [5.74, 6) is 1.42. The van der Waals surface area contributed by atoms with Crippen molar-refractivity contribution in [2.24, 2.45) is 5.41 Å². The van der Waals surface area contributed by atoms with Crippen molar-refractivity contribution in [3.8, 4) is 0 Å². The number of rotatable bonds is 6. The summed E-state index contributed by atoms with van der Waals surface area (Å²) in [6.45, 7) is 6.75. The number of carbonyl (C=O) groups is 2. The number of allylic oxidation sites excluding steroid dienone is 1. The third-order valence-corrected chi connectivity index (χ3v) is 7.74. The number of benzene rings is 2. The third-order valence-electron chi connectivity index (χ3n) is 7.74. The first-order valence-electron chi connectivity index (χ1n) is 13.6. The summed E-state index contributed by atoms with van der Waals surface area (Å²) in [4.78, 5) is 32.5. The number of amides is 1. The molecule has 2 aromatic carbocycles. The molecule has 7 nitrogen and oxygen atoms in total. The molecule has 3 heterocycles. The number of para-hydroxylation sites is 3. The maximum Gasteiger partial charge on any atom is 0.239 e. The van der Waals surface area contributed by atoms with Gasteiger partial charge in [0.15, 0.2) is 5.78 Å². The molecule has 0 spiro atoms. The Labute approximate surface area is 228 Å². The first kappa shape index (κ1) is 25.0. The molecule has 0 saturated heterocycles. The highest BCUT2D eigenvalue weighted by Gasteiger charge is 2.43. The highest BCUT2D eigenvalue weighted by Crippen LogP contribution is 2.48. The van der Waals surface area contributed by atoms with Gasteiger partial charge in [-0.2, -0.15) is 0 Å². The number of furan rings is 1. The van der Waals surface area contributed by atoms with Gasteiger partial charge in [0.1, 0.15) is 17.6 Å². The van der Waals surface area contributed by atoms with E-state index in [0.717, 1.165) is 41.2 Å². The number of nitrogens with one attached hydrogen (secondary N) is 3. The van der Waals surface area contributed by atoms with Crippen molar-refractivity contribution < 1.29 is 14.0 Å². The number of nitrogens with zero attached hydrogens (tertiary/aromatic N) is 1. The number of carbonyl (C=O) groups excluding carboxylic acids is 2. The molecule has 0 fully saturated rings. The minimum absolute atomic E-state index is 0.0877. The Morgan fingerprint density at radius 1 is 1.08 bits per heavy atom. The van der Waals surface area contributed by atoms with E-state index in [0.29, 0.717) is 24.3 Å². The molecule has 1 atom stereocenters. The summed E-state index contributed by atoms with van der Waals surface area (Å²) in [5, 5.41) is 7.86. The Morgan fingerprint density at radius 3 is 2.69 bits per heavy atom. The standard InChI is InChI=1S/C32H34N4O3/c1-20-12-13-28(39-20)31-30-25(16-32(2,3)17-27(30)37)35-24-10-6-7-11-26(24)36(31)19-29(38)33-15-14-21-18-34-23-9-5-4-8-22(21)23/h4-13,18,31,34-35H,14-17,19H2,1-3H3,(H,33,38). The fourth-order valence-electron chi connectivity index (χ4n) is 6.01. The van der Waals surface area contributed by atoms with Gasteiger partial charge in [-0.1, -0.05) is 44.2 Å². The van der Waals surface area contributed by atoms with E-state index < -0.39 is 6.04 Å².